The van der Waals surface area contributed by atoms with E-state index in [0.717, 1.165) is 57.9 Å². The maximum Gasteiger partial charge on any atom is 0.312 e. The molecule has 3 saturated heterocycles. The average Bonchev–Trinajstić information content (AvgIpc) is 3.27. The molecule has 0 spiro atoms. The monoisotopic (exact) mass is 376 g/mol. The molecule has 3 aliphatic heterocycles. The van der Waals surface area contributed by atoms with Gasteiger partial charge in [0.05, 0.1) is 11.1 Å². The van der Waals surface area contributed by atoms with Crippen molar-refractivity contribution in [3.05, 3.63) is 17.0 Å². The fourth-order valence-corrected chi connectivity index (χ4v) is 5.45. The molecule has 150 valence electrons. The largest absolute Gasteiger partial charge is 0.481 e. The highest BCUT2D eigenvalue weighted by Crippen LogP contribution is 2.44. The predicted octanol–water partition coefficient (Wildman–Crippen LogP) is 1.52. The number of rotatable bonds is 5. The number of carbonyl (C=O) groups is 1. The van der Waals surface area contributed by atoms with Gasteiger partial charge in [0.2, 0.25) is 0 Å². The number of hydrogen-bond acceptors (Lipinski definition) is 5. The van der Waals surface area contributed by atoms with Crippen molar-refractivity contribution in [1.82, 2.24) is 19.6 Å². The predicted molar refractivity (Wildman–Crippen MR) is 102 cm³/mol. The van der Waals surface area contributed by atoms with Crippen molar-refractivity contribution < 1.29 is 14.6 Å². The van der Waals surface area contributed by atoms with E-state index in [1.165, 1.54) is 11.3 Å². The molecule has 4 rings (SSSR count). The van der Waals surface area contributed by atoms with Crippen LogP contribution in [0.1, 0.15) is 36.7 Å². The third-order valence-corrected chi connectivity index (χ3v) is 7.05. The lowest BCUT2D eigenvalue weighted by Gasteiger charge is -2.33. The first-order valence-corrected chi connectivity index (χ1v) is 10.2. The van der Waals surface area contributed by atoms with Gasteiger partial charge in [0.15, 0.2) is 0 Å². The van der Waals surface area contributed by atoms with Gasteiger partial charge < -0.3 is 9.84 Å². The molecule has 4 heterocycles. The van der Waals surface area contributed by atoms with Crippen LogP contribution in [0.2, 0.25) is 0 Å². The molecule has 0 saturated carbocycles. The number of ether oxygens (including phenoxy) is 1. The van der Waals surface area contributed by atoms with E-state index >= 15 is 0 Å². The zero-order valence-corrected chi connectivity index (χ0v) is 16.8. The van der Waals surface area contributed by atoms with E-state index in [4.69, 9.17) is 4.74 Å². The Kier molecular flexibility index (Phi) is 5.03. The summed E-state index contributed by atoms with van der Waals surface area (Å²) in [6.45, 7) is 12.7. The zero-order valence-electron chi connectivity index (χ0n) is 16.8. The van der Waals surface area contributed by atoms with Crippen LogP contribution in [-0.2, 0) is 22.6 Å². The van der Waals surface area contributed by atoms with Crippen LogP contribution < -0.4 is 0 Å². The van der Waals surface area contributed by atoms with Crippen LogP contribution in [0.4, 0.5) is 0 Å². The summed E-state index contributed by atoms with van der Waals surface area (Å²) in [7, 11) is 0. The van der Waals surface area contributed by atoms with E-state index in [-0.39, 0.29) is 5.92 Å². The third kappa shape index (κ3) is 3.19. The molecule has 1 N–H and O–H groups in total. The summed E-state index contributed by atoms with van der Waals surface area (Å²) in [5, 5.41) is 14.8. The van der Waals surface area contributed by atoms with Crippen molar-refractivity contribution in [3.8, 4) is 0 Å². The SMILES string of the molecule is CCn1nc(C)c(CN2C[C@@H]3CN(C4CCOCC4)C[C@]3(C(=O)O)C2)c1C. The minimum Gasteiger partial charge on any atom is -0.481 e. The second-order valence-electron chi connectivity index (χ2n) is 8.57. The Morgan fingerprint density at radius 1 is 1.26 bits per heavy atom. The number of hydrogen-bond donors (Lipinski definition) is 1. The lowest BCUT2D eigenvalue weighted by Crippen LogP contribution is -2.44. The van der Waals surface area contributed by atoms with Crippen molar-refractivity contribution in [2.75, 3.05) is 39.4 Å². The number of carboxylic acid groups (broad SMARTS) is 1. The van der Waals surface area contributed by atoms with Crippen LogP contribution in [0.5, 0.6) is 0 Å². The molecule has 2 atom stereocenters. The molecule has 0 unspecified atom stereocenters. The summed E-state index contributed by atoms with van der Waals surface area (Å²) in [5.41, 5.74) is 2.92. The van der Waals surface area contributed by atoms with Crippen LogP contribution in [0.3, 0.4) is 0 Å². The Hall–Kier alpha value is -1.44. The van der Waals surface area contributed by atoms with Gasteiger partial charge >= 0.3 is 5.97 Å². The normalized spacial score (nSPS) is 30.1. The van der Waals surface area contributed by atoms with Crippen LogP contribution in [0.15, 0.2) is 0 Å². The highest BCUT2D eigenvalue weighted by molar-refractivity contribution is 5.77. The summed E-state index contributed by atoms with van der Waals surface area (Å²) in [5.74, 6) is -0.415. The molecular formula is C20H32N4O3. The molecule has 3 aliphatic rings. The van der Waals surface area contributed by atoms with Crippen molar-refractivity contribution in [2.24, 2.45) is 11.3 Å². The van der Waals surface area contributed by atoms with Crippen LogP contribution in [-0.4, -0.2) is 76.1 Å². The Balaban J connectivity index is 1.48. The molecule has 7 heteroatoms. The Bertz CT molecular complexity index is 712. The first kappa shape index (κ1) is 18.9. The van der Waals surface area contributed by atoms with E-state index in [1.807, 2.05) is 4.68 Å². The molecule has 1 aromatic heterocycles. The van der Waals surface area contributed by atoms with E-state index in [1.54, 1.807) is 0 Å². The quantitative estimate of drug-likeness (QED) is 0.840. The van der Waals surface area contributed by atoms with Gasteiger partial charge in [-0.15, -0.1) is 0 Å². The number of carboxylic acids is 1. The van der Waals surface area contributed by atoms with E-state index < -0.39 is 11.4 Å². The average molecular weight is 377 g/mol. The Labute approximate surface area is 161 Å². The fraction of sp³-hybridized carbons (Fsp3) is 0.800. The van der Waals surface area contributed by atoms with E-state index in [0.29, 0.717) is 19.1 Å². The van der Waals surface area contributed by atoms with Gasteiger partial charge in [-0.05, 0) is 33.6 Å². The van der Waals surface area contributed by atoms with Crippen molar-refractivity contribution in [2.45, 2.75) is 52.7 Å². The van der Waals surface area contributed by atoms with Crippen LogP contribution >= 0.6 is 0 Å². The minimum absolute atomic E-state index is 0.208. The van der Waals surface area contributed by atoms with Gasteiger partial charge in [0.1, 0.15) is 0 Å². The van der Waals surface area contributed by atoms with Gasteiger partial charge in [-0.3, -0.25) is 19.3 Å². The minimum atomic E-state index is -0.624. The maximum absolute atomic E-state index is 12.3. The Morgan fingerprint density at radius 2 is 2.00 bits per heavy atom. The van der Waals surface area contributed by atoms with E-state index in [2.05, 4.69) is 35.7 Å². The molecule has 7 nitrogen and oxygen atoms in total. The van der Waals surface area contributed by atoms with Crippen molar-refractivity contribution >= 4 is 5.97 Å². The number of aromatic nitrogens is 2. The maximum atomic E-state index is 12.3. The van der Waals surface area contributed by atoms with Crippen LogP contribution in [0.25, 0.3) is 0 Å². The molecule has 0 bridgehead atoms. The van der Waals surface area contributed by atoms with Crippen molar-refractivity contribution in [1.29, 1.82) is 0 Å². The summed E-state index contributed by atoms with van der Waals surface area (Å²) >= 11 is 0. The van der Waals surface area contributed by atoms with Gasteiger partial charge in [-0.25, -0.2) is 0 Å². The summed E-state index contributed by atoms with van der Waals surface area (Å²) < 4.78 is 7.53. The molecule has 0 radical (unpaired) electrons. The standard InChI is InChI=1S/C20H32N4O3/c1-4-24-15(3)18(14(2)21-24)11-22-9-16-10-23(17-5-7-27-8-6-17)13-20(16,12-22)19(25)26/h16-17H,4-13H2,1-3H3,(H,25,26)/t16-,20-/m1/s1. The second-order valence-corrected chi connectivity index (χ2v) is 8.57. The molecule has 0 aromatic carbocycles. The van der Waals surface area contributed by atoms with Gasteiger partial charge in [-0.2, -0.15) is 5.10 Å². The molecular weight excluding hydrogens is 344 g/mol. The third-order valence-electron chi connectivity index (χ3n) is 7.05. The topological polar surface area (TPSA) is 70.8 Å². The number of aryl methyl sites for hydroxylation is 2. The van der Waals surface area contributed by atoms with Gasteiger partial charge in [0, 0.05) is 75.7 Å². The number of likely N-dealkylation sites (tertiary alicyclic amines) is 2. The Morgan fingerprint density at radius 3 is 2.59 bits per heavy atom. The number of aliphatic carboxylic acids is 1. The first-order chi connectivity index (χ1) is 12.9. The lowest BCUT2D eigenvalue weighted by molar-refractivity contribution is -0.149. The molecule has 1 aromatic rings. The van der Waals surface area contributed by atoms with E-state index in [9.17, 15) is 9.90 Å². The lowest BCUT2D eigenvalue weighted by atomic mass is 9.81. The van der Waals surface area contributed by atoms with Gasteiger partial charge in [-0.1, -0.05) is 0 Å². The molecule has 27 heavy (non-hydrogen) atoms. The number of nitrogens with zero attached hydrogens (tertiary/aromatic N) is 4. The summed E-state index contributed by atoms with van der Waals surface area (Å²) in [6, 6.07) is 0.487. The zero-order chi connectivity index (χ0) is 19.2. The highest BCUT2D eigenvalue weighted by atomic mass is 16.5. The summed E-state index contributed by atoms with van der Waals surface area (Å²) in [6.07, 6.45) is 2.06. The summed E-state index contributed by atoms with van der Waals surface area (Å²) in [4.78, 5) is 17.1. The smallest absolute Gasteiger partial charge is 0.312 e. The first-order valence-electron chi connectivity index (χ1n) is 10.2. The number of fused-ring (bicyclic) bond motifs is 1. The molecule has 3 fully saturated rings. The van der Waals surface area contributed by atoms with Crippen LogP contribution in [0, 0.1) is 25.2 Å². The highest BCUT2D eigenvalue weighted by Gasteiger charge is 2.58. The van der Waals surface area contributed by atoms with Gasteiger partial charge in [0.25, 0.3) is 0 Å². The second kappa shape index (κ2) is 7.18. The van der Waals surface area contributed by atoms with Crippen molar-refractivity contribution in [3.63, 3.8) is 0 Å². The molecule has 0 amide bonds. The molecule has 0 aliphatic carbocycles. The fourth-order valence-electron chi connectivity index (χ4n) is 5.45.